The van der Waals surface area contributed by atoms with Gasteiger partial charge in [-0.1, -0.05) is 54.6 Å². The van der Waals surface area contributed by atoms with Crippen molar-refractivity contribution in [3.8, 4) is 5.75 Å². The van der Waals surface area contributed by atoms with Gasteiger partial charge in [-0.25, -0.2) is 5.01 Å². The highest BCUT2D eigenvalue weighted by Gasteiger charge is 2.34. The maximum atomic E-state index is 13.6. The van der Waals surface area contributed by atoms with Gasteiger partial charge in [0.1, 0.15) is 5.75 Å². The summed E-state index contributed by atoms with van der Waals surface area (Å²) in [4.78, 5) is 18.3. The van der Waals surface area contributed by atoms with Gasteiger partial charge in [0, 0.05) is 39.1 Å². The number of aryl methyl sites for hydroxylation is 1. The predicted molar refractivity (Wildman–Crippen MR) is 143 cm³/mol. The molecular weight excluding hydrogens is 448 g/mol. The van der Waals surface area contributed by atoms with E-state index in [1.54, 1.807) is 12.1 Å². The fraction of sp³-hybridized carbons (Fsp3) is 0.333. The highest BCUT2D eigenvalue weighted by atomic mass is 16.5. The summed E-state index contributed by atoms with van der Waals surface area (Å²) >= 11 is 0. The van der Waals surface area contributed by atoms with Crippen LogP contribution in [0.1, 0.15) is 34.7 Å². The van der Waals surface area contributed by atoms with Crippen molar-refractivity contribution >= 4 is 11.6 Å². The Labute approximate surface area is 213 Å². The molecule has 36 heavy (non-hydrogen) atoms. The van der Waals surface area contributed by atoms with Gasteiger partial charge in [0.15, 0.2) is 0 Å². The number of carbonyl (C=O) groups excluding carboxylic acids is 1. The van der Waals surface area contributed by atoms with Crippen LogP contribution in [0.25, 0.3) is 0 Å². The Kier molecular flexibility index (Phi) is 7.44. The number of carbonyl (C=O) groups is 1. The van der Waals surface area contributed by atoms with E-state index in [-0.39, 0.29) is 11.9 Å². The summed E-state index contributed by atoms with van der Waals surface area (Å²) in [7, 11) is 1.66. The topological polar surface area (TPSA) is 48.4 Å². The second-order valence-electron chi connectivity index (χ2n) is 9.63. The summed E-state index contributed by atoms with van der Waals surface area (Å²) in [6.07, 6.45) is 0.702. The predicted octanol–water partition coefficient (Wildman–Crippen LogP) is 4.50. The first kappa shape index (κ1) is 24.2. The molecule has 1 atom stereocenters. The summed E-state index contributed by atoms with van der Waals surface area (Å²) in [6.45, 7) is 7.15. The Hall–Kier alpha value is -3.48. The van der Waals surface area contributed by atoms with Crippen LogP contribution in [0.5, 0.6) is 5.75 Å². The van der Waals surface area contributed by atoms with Crippen LogP contribution in [0.15, 0.2) is 84.0 Å². The van der Waals surface area contributed by atoms with Crippen LogP contribution in [-0.4, -0.2) is 66.3 Å². The molecule has 186 valence electrons. The second-order valence-corrected chi connectivity index (χ2v) is 9.63. The monoisotopic (exact) mass is 482 g/mol. The Morgan fingerprint density at radius 1 is 0.889 bits per heavy atom. The van der Waals surface area contributed by atoms with Crippen molar-refractivity contribution in [2.75, 3.05) is 39.8 Å². The van der Waals surface area contributed by atoms with Crippen LogP contribution in [0, 0.1) is 6.92 Å². The molecular formula is C30H34N4O2. The number of ether oxygens (including phenoxy) is 1. The molecule has 6 nitrogen and oxygen atoms in total. The van der Waals surface area contributed by atoms with E-state index in [1.807, 2.05) is 36.4 Å². The van der Waals surface area contributed by atoms with Gasteiger partial charge in [0.25, 0.3) is 5.91 Å². The molecule has 0 aliphatic carbocycles. The van der Waals surface area contributed by atoms with E-state index in [0.29, 0.717) is 13.0 Å². The highest BCUT2D eigenvalue weighted by molar-refractivity contribution is 6.03. The van der Waals surface area contributed by atoms with Gasteiger partial charge < -0.3 is 4.74 Å². The second kappa shape index (κ2) is 11.1. The standard InChI is InChI=1S/C30H34N4O2/c1-23-8-6-7-11-27(23)29-20-28(25-12-14-26(36-2)15-13-25)31-34(29)30(35)22-33-18-16-32(17-19-33)21-24-9-4-3-5-10-24/h3-15,29H,16-22H2,1-2H3/t29-/m1/s1. The summed E-state index contributed by atoms with van der Waals surface area (Å²) in [6, 6.07) is 26.7. The number of hydrogen-bond donors (Lipinski definition) is 0. The number of amides is 1. The third kappa shape index (κ3) is 5.50. The van der Waals surface area contributed by atoms with Crippen LogP contribution >= 0.6 is 0 Å². The summed E-state index contributed by atoms with van der Waals surface area (Å²) in [5.74, 6) is 0.871. The molecule has 0 saturated carbocycles. The zero-order valence-corrected chi connectivity index (χ0v) is 21.1. The number of hydrogen-bond acceptors (Lipinski definition) is 5. The number of hydrazone groups is 1. The van der Waals surface area contributed by atoms with Gasteiger partial charge in [-0.2, -0.15) is 5.10 Å². The lowest BCUT2D eigenvalue weighted by molar-refractivity contribution is -0.134. The Balaban J connectivity index is 1.28. The van der Waals surface area contributed by atoms with Gasteiger partial charge >= 0.3 is 0 Å². The third-order valence-electron chi connectivity index (χ3n) is 7.21. The number of rotatable bonds is 7. The van der Waals surface area contributed by atoms with E-state index >= 15 is 0 Å². The molecule has 2 aliphatic rings. The molecule has 5 rings (SSSR count). The molecule has 3 aromatic rings. The van der Waals surface area contributed by atoms with Gasteiger partial charge in [-0.3, -0.25) is 14.6 Å². The lowest BCUT2D eigenvalue weighted by Crippen LogP contribution is -2.49. The summed E-state index contributed by atoms with van der Waals surface area (Å²) < 4.78 is 5.31. The molecule has 0 bridgehead atoms. The molecule has 0 spiro atoms. The number of methoxy groups -OCH3 is 1. The first-order chi connectivity index (χ1) is 17.6. The van der Waals surface area contributed by atoms with Crippen LogP contribution in [0.2, 0.25) is 0 Å². The van der Waals surface area contributed by atoms with Crippen molar-refractivity contribution in [2.24, 2.45) is 5.10 Å². The maximum absolute atomic E-state index is 13.6. The fourth-order valence-electron chi connectivity index (χ4n) is 5.11. The molecule has 0 aromatic heterocycles. The SMILES string of the molecule is COc1ccc(C2=NN(C(=O)CN3CCN(Cc4ccccc4)CC3)[C@@H](c3ccccc3C)C2)cc1. The average molecular weight is 483 g/mol. The minimum Gasteiger partial charge on any atom is -0.497 e. The van der Waals surface area contributed by atoms with Gasteiger partial charge in [0.05, 0.1) is 25.4 Å². The molecule has 3 aromatic carbocycles. The van der Waals surface area contributed by atoms with E-state index in [4.69, 9.17) is 9.84 Å². The lowest BCUT2D eigenvalue weighted by Gasteiger charge is -2.35. The number of benzene rings is 3. The van der Waals surface area contributed by atoms with Crippen molar-refractivity contribution in [2.45, 2.75) is 25.9 Å². The van der Waals surface area contributed by atoms with Gasteiger partial charge in [0.2, 0.25) is 0 Å². The zero-order chi connectivity index (χ0) is 24.9. The third-order valence-corrected chi connectivity index (χ3v) is 7.21. The Bertz CT molecular complexity index is 1200. The maximum Gasteiger partial charge on any atom is 0.257 e. The van der Waals surface area contributed by atoms with Crippen LogP contribution in [-0.2, 0) is 11.3 Å². The first-order valence-electron chi connectivity index (χ1n) is 12.7. The van der Waals surface area contributed by atoms with Crippen molar-refractivity contribution in [1.82, 2.24) is 14.8 Å². The van der Waals surface area contributed by atoms with Crippen LogP contribution in [0.4, 0.5) is 0 Å². The van der Waals surface area contributed by atoms with Crippen molar-refractivity contribution in [3.05, 3.63) is 101 Å². The smallest absolute Gasteiger partial charge is 0.257 e. The molecule has 0 N–H and O–H groups in total. The number of nitrogens with zero attached hydrogens (tertiary/aromatic N) is 4. The van der Waals surface area contributed by atoms with E-state index in [0.717, 1.165) is 55.3 Å². The largest absolute Gasteiger partial charge is 0.497 e. The van der Waals surface area contributed by atoms with Crippen molar-refractivity contribution in [1.29, 1.82) is 0 Å². The lowest BCUT2D eigenvalue weighted by atomic mass is 9.95. The van der Waals surface area contributed by atoms with Crippen LogP contribution in [0.3, 0.4) is 0 Å². The molecule has 0 radical (unpaired) electrons. The van der Waals surface area contributed by atoms with E-state index in [9.17, 15) is 4.79 Å². The molecule has 1 fully saturated rings. The molecule has 1 amide bonds. The first-order valence-corrected chi connectivity index (χ1v) is 12.7. The molecule has 0 unspecified atom stereocenters. The van der Waals surface area contributed by atoms with E-state index < -0.39 is 0 Å². The molecule has 2 aliphatic heterocycles. The average Bonchev–Trinajstić information content (AvgIpc) is 3.36. The van der Waals surface area contributed by atoms with Crippen molar-refractivity contribution in [3.63, 3.8) is 0 Å². The minimum atomic E-state index is -0.0878. The number of piperazine rings is 1. The summed E-state index contributed by atoms with van der Waals surface area (Å²) in [5.41, 5.74) is 5.64. The van der Waals surface area contributed by atoms with Gasteiger partial charge in [-0.15, -0.1) is 0 Å². The van der Waals surface area contributed by atoms with E-state index in [2.05, 4.69) is 59.2 Å². The quantitative estimate of drug-likeness (QED) is 0.498. The molecule has 6 heteroatoms. The summed E-state index contributed by atoms with van der Waals surface area (Å²) in [5, 5.41) is 6.61. The Morgan fingerprint density at radius 2 is 1.56 bits per heavy atom. The van der Waals surface area contributed by atoms with Crippen molar-refractivity contribution < 1.29 is 9.53 Å². The fourth-order valence-corrected chi connectivity index (χ4v) is 5.11. The van der Waals surface area contributed by atoms with Crippen LogP contribution < -0.4 is 4.74 Å². The normalized spacial score (nSPS) is 18.8. The zero-order valence-electron chi connectivity index (χ0n) is 21.1. The molecule has 1 saturated heterocycles. The van der Waals surface area contributed by atoms with E-state index in [1.165, 1.54) is 11.1 Å². The minimum absolute atomic E-state index is 0.0586. The van der Waals surface area contributed by atoms with Gasteiger partial charge in [-0.05, 0) is 53.4 Å². The Morgan fingerprint density at radius 3 is 2.25 bits per heavy atom. The molecule has 2 heterocycles. The highest BCUT2D eigenvalue weighted by Crippen LogP contribution is 2.34.